The molecule has 0 atom stereocenters. The van der Waals surface area contributed by atoms with E-state index in [9.17, 15) is 0 Å². The van der Waals surface area contributed by atoms with Gasteiger partial charge in [-0.05, 0) is 12.1 Å². The summed E-state index contributed by atoms with van der Waals surface area (Å²) in [6, 6.07) is 11.3. The second-order valence-corrected chi connectivity index (χ2v) is 3.75. The summed E-state index contributed by atoms with van der Waals surface area (Å²) in [7, 11) is 0. The summed E-state index contributed by atoms with van der Waals surface area (Å²) in [4.78, 5) is 12.1. The maximum absolute atomic E-state index is 5.57. The van der Waals surface area contributed by atoms with Gasteiger partial charge in [-0.1, -0.05) is 18.2 Å². The van der Waals surface area contributed by atoms with E-state index in [1.807, 2.05) is 30.3 Å². The van der Waals surface area contributed by atoms with E-state index in [1.54, 1.807) is 12.3 Å². The molecule has 0 saturated heterocycles. The molecule has 0 aliphatic rings. The van der Waals surface area contributed by atoms with Crippen LogP contribution in [0.1, 0.15) is 0 Å². The van der Waals surface area contributed by atoms with Crippen molar-refractivity contribution in [1.82, 2.24) is 15.0 Å². The zero-order valence-electron chi connectivity index (χ0n) is 9.45. The molecule has 0 radical (unpaired) electrons. The lowest BCUT2D eigenvalue weighted by Crippen LogP contribution is -1.94. The molecule has 5 nitrogen and oxygen atoms in total. The molecule has 0 fully saturated rings. The molecule has 1 aromatic carbocycles. The molecular weight excluding hydrogens is 228 g/mol. The fourth-order valence-corrected chi connectivity index (χ4v) is 1.64. The van der Waals surface area contributed by atoms with E-state index in [4.69, 9.17) is 10.5 Å². The van der Waals surface area contributed by atoms with Crippen LogP contribution < -0.4 is 10.5 Å². The third-order valence-electron chi connectivity index (χ3n) is 2.45. The second kappa shape index (κ2) is 4.29. The van der Waals surface area contributed by atoms with Crippen LogP contribution in [-0.4, -0.2) is 15.0 Å². The van der Waals surface area contributed by atoms with Crippen molar-refractivity contribution in [3.8, 4) is 11.6 Å². The molecule has 3 rings (SSSR count). The number of benzene rings is 1. The van der Waals surface area contributed by atoms with Gasteiger partial charge in [-0.3, -0.25) is 4.98 Å². The predicted molar refractivity (Wildman–Crippen MR) is 68.3 cm³/mol. The van der Waals surface area contributed by atoms with Crippen molar-refractivity contribution in [1.29, 1.82) is 0 Å². The molecule has 2 N–H and O–H groups in total. The van der Waals surface area contributed by atoms with Gasteiger partial charge >= 0.3 is 0 Å². The number of nitrogens with zero attached hydrogens (tertiary/aromatic N) is 3. The molecule has 0 saturated carbocycles. The SMILES string of the molecule is Nc1cc(Oc2cnc3ccccc3c2)ncn1. The number of nitrogen functional groups attached to an aromatic ring is 1. The number of ether oxygens (including phenoxy) is 1. The number of hydrogen-bond acceptors (Lipinski definition) is 5. The molecule has 3 aromatic rings. The van der Waals surface area contributed by atoms with E-state index in [-0.39, 0.29) is 0 Å². The number of rotatable bonds is 2. The largest absolute Gasteiger partial charge is 0.437 e. The Morgan fingerprint density at radius 1 is 1.00 bits per heavy atom. The number of pyridine rings is 1. The zero-order chi connectivity index (χ0) is 12.4. The second-order valence-electron chi connectivity index (χ2n) is 3.75. The fraction of sp³-hybridized carbons (Fsp3) is 0. The highest BCUT2D eigenvalue weighted by Gasteiger charge is 2.01. The lowest BCUT2D eigenvalue weighted by atomic mass is 10.2. The minimum Gasteiger partial charge on any atom is -0.437 e. The van der Waals surface area contributed by atoms with Crippen LogP contribution >= 0.6 is 0 Å². The molecule has 0 spiro atoms. The molecule has 0 unspecified atom stereocenters. The van der Waals surface area contributed by atoms with Crippen molar-refractivity contribution >= 4 is 16.7 Å². The fourth-order valence-electron chi connectivity index (χ4n) is 1.64. The lowest BCUT2D eigenvalue weighted by molar-refractivity contribution is 0.461. The number of aromatic nitrogens is 3. The number of para-hydroxylation sites is 1. The summed E-state index contributed by atoms with van der Waals surface area (Å²) in [6.45, 7) is 0. The Bertz CT molecular complexity index is 699. The first kappa shape index (κ1) is 10.5. The van der Waals surface area contributed by atoms with Crippen molar-refractivity contribution in [2.75, 3.05) is 5.73 Å². The molecule has 5 heteroatoms. The number of fused-ring (bicyclic) bond motifs is 1. The van der Waals surface area contributed by atoms with Crippen LogP contribution in [0.4, 0.5) is 5.82 Å². The quantitative estimate of drug-likeness (QED) is 0.742. The van der Waals surface area contributed by atoms with Crippen molar-refractivity contribution in [3.05, 3.63) is 48.9 Å². The van der Waals surface area contributed by atoms with E-state index in [2.05, 4.69) is 15.0 Å². The van der Waals surface area contributed by atoms with E-state index in [1.165, 1.54) is 6.33 Å². The van der Waals surface area contributed by atoms with E-state index >= 15 is 0 Å². The molecule has 0 aliphatic carbocycles. The Morgan fingerprint density at radius 2 is 1.89 bits per heavy atom. The van der Waals surface area contributed by atoms with Crippen LogP contribution in [0.3, 0.4) is 0 Å². The number of nitrogens with two attached hydrogens (primary N) is 1. The lowest BCUT2D eigenvalue weighted by Gasteiger charge is -2.05. The Kier molecular flexibility index (Phi) is 2.49. The van der Waals surface area contributed by atoms with Crippen molar-refractivity contribution in [2.24, 2.45) is 0 Å². The number of hydrogen-bond donors (Lipinski definition) is 1. The summed E-state index contributed by atoms with van der Waals surface area (Å²) < 4.78 is 5.57. The van der Waals surface area contributed by atoms with Gasteiger partial charge < -0.3 is 10.5 Å². The molecule has 18 heavy (non-hydrogen) atoms. The topological polar surface area (TPSA) is 73.9 Å². The van der Waals surface area contributed by atoms with Gasteiger partial charge in [0, 0.05) is 11.5 Å². The van der Waals surface area contributed by atoms with Gasteiger partial charge in [0.1, 0.15) is 17.9 Å². The highest BCUT2D eigenvalue weighted by molar-refractivity contribution is 5.79. The summed E-state index contributed by atoms with van der Waals surface area (Å²) >= 11 is 0. The third kappa shape index (κ3) is 2.06. The molecule has 0 aliphatic heterocycles. The van der Waals surface area contributed by atoms with Crippen LogP contribution in [-0.2, 0) is 0 Å². The van der Waals surface area contributed by atoms with Gasteiger partial charge in [0.2, 0.25) is 5.88 Å². The van der Waals surface area contributed by atoms with Crippen molar-refractivity contribution in [2.45, 2.75) is 0 Å². The minimum atomic E-state index is 0.369. The minimum absolute atomic E-state index is 0.369. The smallest absolute Gasteiger partial charge is 0.224 e. The third-order valence-corrected chi connectivity index (χ3v) is 2.45. The van der Waals surface area contributed by atoms with E-state index in [0.29, 0.717) is 17.4 Å². The molecule has 0 amide bonds. The van der Waals surface area contributed by atoms with Crippen LogP contribution in [0, 0.1) is 0 Å². The highest BCUT2D eigenvalue weighted by Crippen LogP contribution is 2.22. The van der Waals surface area contributed by atoms with Gasteiger partial charge in [-0.25, -0.2) is 9.97 Å². The molecule has 2 heterocycles. The molecule has 88 valence electrons. The Hall–Kier alpha value is -2.69. The van der Waals surface area contributed by atoms with Gasteiger partial charge in [0.15, 0.2) is 0 Å². The van der Waals surface area contributed by atoms with E-state index < -0.39 is 0 Å². The average Bonchev–Trinajstić information content (AvgIpc) is 2.39. The van der Waals surface area contributed by atoms with Gasteiger partial charge in [0.25, 0.3) is 0 Å². The maximum atomic E-state index is 5.57. The normalized spacial score (nSPS) is 10.4. The highest BCUT2D eigenvalue weighted by atomic mass is 16.5. The monoisotopic (exact) mass is 238 g/mol. The Labute approximate surface area is 103 Å². The van der Waals surface area contributed by atoms with Crippen LogP contribution in [0.2, 0.25) is 0 Å². The Balaban J connectivity index is 1.95. The van der Waals surface area contributed by atoms with Crippen molar-refractivity contribution < 1.29 is 4.74 Å². The Morgan fingerprint density at radius 3 is 2.78 bits per heavy atom. The van der Waals surface area contributed by atoms with E-state index in [0.717, 1.165) is 10.9 Å². The molecule has 0 bridgehead atoms. The summed E-state index contributed by atoms with van der Waals surface area (Å²) in [5, 5.41) is 1.01. The summed E-state index contributed by atoms with van der Waals surface area (Å²) in [6.07, 6.45) is 3.01. The van der Waals surface area contributed by atoms with Crippen LogP contribution in [0.15, 0.2) is 48.9 Å². The van der Waals surface area contributed by atoms with Gasteiger partial charge in [-0.15, -0.1) is 0 Å². The summed E-state index contributed by atoms with van der Waals surface area (Å²) in [5.41, 5.74) is 6.48. The first-order chi connectivity index (χ1) is 8.81. The van der Waals surface area contributed by atoms with Crippen LogP contribution in [0.5, 0.6) is 11.6 Å². The van der Waals surface area contributed by atoms with Crippen LogP contribution in [0.25, 0.3) is 10.9 Å². The molecule has 2 aromatic heterocycles. The zero-order valence-corrected chi connectivity index (χ0v) is 9.45. The standard InChI is InChI=1S/C13H10N4O/c14-12-6-13(17-8-16-12)18-10-5-9-3-1-2-4-11(9)15-7-10/h1-8H,(H2,14,16,17). The molecular formula is C13H10N4O. The maximum Gasteiger partial charge on any atom is 0.224 e. The van der Waals surface area contributed by atoms with Crippen molar-refractivity contribution in [3.63, 3.8) is 0 Å². The number of anilines is 1. The first-order valence-electron chi connectivity index (χ1n) is 5.41. The van der Waals surface area contributed by atoms with Gasteiger partial charge in [0.05, 0.1) is 11.7 Å². The van der Waals surface area contributed by atoms with Gasteiger partial charge in [-0.2, -0.15) is 0 Å². The summed E-state index contributed by atoms with van der Waals surface area (Å²) in [5.74, 6) is 1.39. The first-order valence-corrected chi connectivity index (χ1v) is 5.41. The average molecular weight is 238 g/mol. The predicted octanol–water partition coefficient (Wildman–Crippen LogP) is 2.40.